The Bertz CT molecular complexity index is 432. The lowest BCUT2D eigenvalue weighted by molar-refractivity contribution is -0.141. The first-order valence-corrected chi connectivity index (χ1v) is 7.47. The van der Waals surface area contributed by atoms with Crippen molar-refractivity contribution in [2.75, 3.05) is 7.11 Å². The molecule has 2 unspecified atom stereocenters. The van der Waals surface area contributed by atoms with Crippen LogP contribution in [0.3, 0.4) is 0 Å². The van der Waals surface area contributed by atoms with Crippen LogP contribution in [0.4, 0.5) is 0 Å². The third-order valence-corrected chi connectivity index (χ3v) is 4.08. The molecular weight excluding hydrogens is 276 g/mol. The lowest BCUT2D eigenvalue weighted by Gasteiger charge is -2.19. The smallest absolute Gasteiger partial charge is 0.307 e. The zero-order chi connectivity index (χ0) is 15.1. The summed E-state index contributed by atoms with van der Waals surface area (Å²) in [6.07, 6.45) is 0.375. The minimum absolute atomic E-state index is 0.125. The first kappa shape index (κ1) is 16.7. The van der Waals surface area contributed by atoms with Crippen LogP contribution < -0.4 is 11.1 Å². The van der Waals surface area contributed by atoms with Gasteiger partial charge in [-0.1, -0.05) is 19.9 Å². The fourth-order valence-corrected chi connectivity index (χ4v) is 2.44. The van der Waals surface area contributed by atoms with Crippen LogP contribution in [0.15, 0.2) is 17.5 Å². The molecule has 0 aliphatic heterocycles. The molecule has 1 aromatic heterocycles. The summed E-state index contributed by atoms with van der Waals surface area (Å²) in [4.78, 5) is 24.4. The number of ether oxygens (including phenoxy) is 1. The number of carbonyl (C=O) groups excluding carboxylic acids is 2. The number of amides is 1. The number of nitrogens with two attached hydrogens (primary N) is 1. The topological polar surface area (TPSA) is 81.4 Å². The lowest BCUT2D eigenvalue weighted by Crippen LogP contribution is -2.37. The van der Waals surface area contributed by atoms with Gasteiger partial charge in [0, 0.05) is 17.3 Å². The maximum atomic E-state index is 12.0. The number of methoxy groups -OCH3 is 1. The average molecular weight is 298 g/mol. The van der Waals surface area contributed by atoms with Crippen molar-refractivity contribution in [2.24, 2.45) is 11.7 Å². The van der Waals surface area contributed by atoms with E-state index < -0.39 is 0 Å². The van der Waals surface area contributed by atoms with Crippen LogP contribution in [0.1, 0.15) is 37.6 Å². The Morgan fingerprint density at radius 2 is 2.10 bits per heavy atom. The van der Waals surface area contributed by atoms with Gasteiger partial charge in [-0.05, 0) is 17.4 Å². The predicted molar refractivity (Wildman–Crippen MR) is 79.3 cm³/mol. The van der Waals surface area contributed by atoms with E-state index in [1.807, 2.05) is 31.4 Å². The molecule has 1 amide bonds. The number of rotatable bonds is 7. The zero-order valence-electron chi connectivity index (χ0n) is 12.1. The highest BCUT2D eigenvalue weighted by atomic mass is 32.1. The Morgan fingerprint density at radius 1 is 1.40 bits per heavy atom. The van der Waals surface area contributed by atoms with E-state index in [1.54, 1.807) is 0 Å². The quantitative estimate of drug-likeness (QED) is 0.753. The summed E-state index contributed by atoms with van der Waals surface area (Å²) in [6.45, 7) is 3.95. The van der Waals surface area contributed by atoms with Gasteiger partial charge in [0.2, 0.25) is 5.91 Å². The third kappa shape index (κ3) is 5.30. The number of nitrogens with one attached hydrogen (secondary N) is 1. The van der Waals surface area contributed by atoms with Crippen molar-refractivity contribution in [1.29, 1.82) is 0 Å². The lowest BCUT2D eigenvalue weighted by atomic mass is 10.0. The van der Waals surface area contributed by atoms with Crippen LogP contribution in [0, 0.1) is 5.92 Å². The second kappa shape index (κ2) is 8.01. The van der Waals surface area contributed by atoms with E-state index in [0.29, 0.717) is 0 Å². The predicted octanol–water partition coefficient (Wildman–Crippen LogP) is 1.84. The number of carbonyl (C=O) groups is 2. The molecule has 0 aliphatic carbocycles. The zero-order valence-corrected chi connectivity index (χ0v) is 12.9. The van der Waals surface area contributed by atoms with Crippen molar-refractivity contribution in [3.63, 3.8) is 0 Å². The molecule has 2 atom stereocenters. The SMILES string of the molecule is COC(=O)CC(NC(=O)CC(N)C(C)C)c1cccs1. The minimum Gasteiger partial charge on any atom is -0.469 e. The first-order valence-electron chi connectivity index (χ1n) is 6.59. The molecule has 5 nitrogen and oxygen atoms in total. The second-order valence-electron chi connectivity index (χ2n) is 5.03. The summed E-state index contributed by atoms with van der Waals surface area (Å²) in [7, 11) is 1.34. The van der Waals surface area contributed by atoms with Gasteiger partial charge in [0.15, 0.2) is 0 Å². The normalized spacial score (nSPS) is 13.8. The van der Waals surface area contributed by atoms with Gasteiger partial charge in [0.25, 0.3) is 0 Å². The summed E-state index contributed by atoms with van der Waals surface area (Å²) in [5.41, 5.74) is 5.89. The largest absolute Gasteiger partial charge is 0.469 e. The Balaban J connectivity index is 2.65. The second-order valence-corrected chi connectivity index (χ2v) is 6.01. The van der Waals surface area contributed by atoms with Crippen molar-refractivity contribution >= 4 is 23.2 Å². The molecule has 0 saturated heterocycles. The van der Waals surface area contributed by atoms with Gasteiger partial charge in [-0.15, -0.1) is 11.3 Å². The maximum Gasteiger partial charge on any atom is 0.307 e. The number of hydrogen-bond acceptors (Lipinski definition) is 5. The van der Waals surface area contributed by atoms with Crippen molar-refractivity contribution < 1.29 is 14.3 Å². The van der Waals surface area contributed by atoms with Gasteiger partial charge in [0.05, 0.1) is 19.6 Å². The Labute approximate surface area is 123 Å². The molecule has 1 aromatic rings. The molecule has 112 valence electrons. The summed E-state index contributed by atoms with van der Waals surface area (Å²) < 4.78 is 4.67. The summed E-state index contributed by atoms with van der Waals surface area (Å²) in [6, 6.07) is 3.24. The number of thiophene rings is 1. The Kier molecular flexibility index (Phi) is 6.67. The highest BCUT2D eigenvalue weighted by molar-refractivity contribution is 7.10. The van der Waals surface area contributed by atoms with E-state index in [0.717, 1.165) is 4.88 Å². The molecule has 0 bridgehead atoms. The van der Waals surface area contributed by atoms with Gasteiger partial charge < -0.3 is 15.8 Å². The first-order chi connectivity index (χ1) is 9.43. The van der Waals surface area contributed by atoms with E-state index in [2.05, 4.69) is 10.1 Å². The maximum absolute atomic E-state index is 12.0. The molecular formula is C14H22N2O3S. The summed E-state index contributed by atoms with van der Waals surface area (Å²) in [5, 5.41) is 4.77. The third-order valence-electron chi connectivity index (χ3n) is 3.10. The molecule has 20 heavy (non-hydrogen) atoms. The van der Waals surface area contributed by atoms with E-state index in [-0.39, 0.29) is 42.7 Å². The van der Waals surface area contributed by atoms with Gasteiger partial charge >= 0.3 is 5.97 Å². The molecule has 0 aromatic carbocycles. The molecule has 1 heterocycles. The Morgan fingerprint density at radius 3 is 2.60 bits per heavy atom. The van der Waals surface area contributed by atoms with E-state index in [4.69, 9.17) is 5.73 Å². The molecule has 1 rings (SSSR count). The van der Waals surface area contributed by atoms with Crippen LogP contribution in [0.25, 0.3) is 0 Å². The molecule has 0 aliphatic rings. The van der Waals surface area contributed by atoms with Crippen molar-refractivity contribution in [3.8, 4) is 0 Å². The molecule has 0 radical (unpaired) electrons. The van der Waals surface area contributed by atoms with E-state index in [9.17, 15) is 9.59 Å². The van der Waals surface area contributed by atoms with Gasteiger partial charge in [-0.3, -0.25) is 9.59 Å². The van der Waals surface area contributed by atoms with Gasteiger partial charge in [0.1, 0.15) is 0 Å². The van der Waals surface area contributed by atoms with Crippen LogP contribution in [0.2, 0.25) is 0 Å². The average Bonchev–Trinajstić information content (AvgIpc) is 2.91. The van der Waals surface area contributed by atoms with Crippen LogP contribution >= 0.6 is 11.3 Å². The van der Waals surface area contributed by atoms with E-state index >= 15 is 0 Å². The highest BCUT2D eigenvalue weighted by Crippen LogP contribution is 2.22. The molecule has 6 heteroatoms. The minimum atomic E-state index is -0.352. The Hall–Kier alpha value is -1.40. The van der Waals surface area contributed by atoms with Crippen molar-refractivity contribution in [1.82, 2.24) is 5.32 Å². The standard InChI is InChI=1S/C14H22N2O3S/c1-9(2)10(15)7-13(17)16-11(8-14(18)19-3)12-5-4-6-20-12/h4-6,9-11H,7-8,15H2,1-3H3,(H,16,17). The monoisotopic (exact) mass is 298 g/mol. The number of hydrogen-bond donors (Lipinski definition) is 2. The highest BCUT2D eigenvalue weighted by Gasteiger charge is 2.21. The fourth-order valence-electron chi connectivity index (χ4n) is 1.67. The van der Waals surface area contributed by atoms with Crippen LogP contribution in [-0.2, 0) is 14.3 Å². The van der Waals surface area contributed by atoms with E-state index in [1.165, 1.54) is 18.4 Å². The van der Waals surface area contributed by atoms with Crippen molar-refractivity contribution in [2.45, 2.75) is 38.8 Å². The van der Waals surface area contributed by atoms with Gasteiger partial charge in [-0.25, -0.2) is 0 Å². The van der Waals surface area contributed by atoms with Crippen LogP contribution in [0.5, 0.6) is 0 Å². The summed E-state index contributed by atoms with van der Waals surface area (Å²) in [5.74, 6) is -0.257. The van der Waals surface area contributed by atoms with Crippen LogP contribution in [-0.4, -0.2) is 25.0 Å². The van der Waals surface area contributed by atoms with Gasteiger partial charge in [-0.2, -0.15) is 0 Å². The summed E-state index contributed by atoms with van der Waals surface area (Å²) >= 11 is 1.50. The molecule has 0 spiro atoms. The number of esters is 1. The van der Waals surface area contributed by atoms with Crippen molar-refractivity contribution in [3.05, 3.63) is 22.4 Å². The molecule has 3 N–H and O–H groups in total. The fraction of sp³-hybridized carbons (Fsp3) is 0.571. The molecule has 0 fully saturated rings. The molecule has 0 saturated carbocycles.